The van der Waals surface area contributed by atoms with Gasteiger partial charge in [0.2, 0.25) is 0 Å². The number of hydrogen-bond acceptors (Lipinski definition) is 2. The molecule has 0 bridgehead atoms. The number of anilines is 1. The molecule has 0 unspecified atom stereocenters. The van der Waals surface area contributed by atoms with Crippen LogP contribution in [-0.2, 0) is 6.18 Å². The SMILES string of the molecule is Fc1cc(NS)cc(C(F)(F)F)c1Br. The second-order valence-corrected chi connectivity index (χ2v) is 3.45. The largest absolute Gasteiger partial charge is 0.417 e. The van der Waals surface area contributed by atoms with E-state index in [1.54, 1.807) is 0 Å². The summed E-state index contributed by atoms with van der Waals surface area (Å²) in [4.78, 5) is 0. The molecule has 0 atom stereocenters. The number of nitrogens with one attached hydrogen (secondary N) is 1. The molecule has 0 saturated heterocycles. The van der Waals surface area contributed by atoms with Crippen molar-refractivity contribution in [3.8, 4) is 0 Å². The van der Waals surface area contributed by atoms with Gasteiger partial charge in [0.25, 0.3) is 0 Å². The van der Waals surface area contributed by atoms with Crippen molar-refractivity contribution in [3.05, 3.63) is 28.0 Å². The molecule has 1 rings (SSSR count). The topological polar surface area (TPSA) is 12.0 Å². The summed E-state index contributed by atoms with van der Waals surface area (Å²) in [7, 11) is 0. The Morgan fingerprint density at radius 2 is 1.86 bits per heavy atom. The third-order valence-electron chi connectivity index (χ3n) is 1.46. The fourth-order valence-corrected chi connectivity index (χ4v) is 1.44. The van der Waals surface area contributed by atoms with E-state index in [9.17, 15) is 17.6 Å². The Bertz CT molecular complexity index is 352. The first-order valence-corrected chi connectivity index (χ1v) is 4.56. The molecule has 1 aromatic carbocycles. The molecule has 0 spiro atoms. The van der Waals surface area contributed by atoms with Crippen LogP contribution in [0.5, 0.6) is 0 Å². The van der Waals surface area contributed by atoms with Gasteiger partial charge in [0.05, 0.1) is 10.0 Å². The lowest BCUT2D eigenvalue weighted by Crippen LogP contribution is -2.07. The van der Waals surface area contributed by atoms with Crippen molar-refractivity contribution in [1.29, 1.82) is 0 Å². The Balaban J connectivity index is 3.35. The Kier molecular flexibility index (Phi) is 3.31. The van der Waals surface area contributed by atoms with Gasteiger partial charge in [0, 0.05) is 5.69 Å². The molecule has 78 valence electrons. The van der Waals surface area contributed by atoms with Crippen LogP contribution >= 0.6 is 28.7 Å². The molecule has 0 saturated carbocycles. The van der Waals surface area contributed by atoms with Gasteiger partial charge < -0.3 is 4.72 Å². The molecule has 1 N–H and O–H groups in total. The molecule has 14 heavy (non-hydrogen) atoms. The highest BCUT2D eigenvalue weighted by atomic mass is 79.9. The van der Waals surface area contributed by atoms with E-state index in [0.29, 0.717) is 0 Å². The summed E-state index contributed by atoms with van der Waals surface area (Å²) in [6.45, 7) is 0. The van der Waals surface area contributed by atoms with Crippen LogP contribution in [0.2, 0.25) is 0 Å². The summed E-state index contributed by atoms with van der Waals surface area (Å²) in [6.07, 6.45) is -4.60. The molecule has 0 heterocycles. The van der Waals surface area contributed by atoms with Crippen molar-refractivity contribution in [2.24, 2.45) is 0 Å². The Morgan fingerprint density at radius 3 is 2.29 bits per heavy atom. The zero-order valence-corrected chi connectivity index (χ0v) is 8.97. The number of hydrogen-bond donors (Lipinski definition) is 2. The van der Waals surface area contributed by atoms with Gasteiger partial charge in [-0.2, -0.15) is 13.2 Å². The first-order valence-electron chi connectivity index (χ1n) is 3.32. The van der Waals surface area contributed by atoms with Gasteiger partial charge in [-0.25, -0.2) is 4.39 Å². The van der Waals surface area contributed by atoms with Gasteiger partial charge in [0.15, 0.2) is 0 Å². The highest BCUT2D eigenvalue weighted by Crippen LogP contribution is 2.37. The predicted octanol–water partition coefficient (Wildman–Crippen LogP) is 3.86. The standard InChI is InChI=1S/C7H4BrF4NS/c8-6-4(7(10,11)12)1-3(13-14)2-5(6)9/h1-2,13-14H. The summed E-state index contributed by atoms with van der Waals surface area (Å²) < 4.78 is 51.4. The smallest absolute Gasteiger partial charge is 0.332 e. The Hall–Kier alpha value is -0.430. The Labute approximate surface area is 91.2 Å². The van der Waals surface area contributed by atoms with E-state index in [4.69, 9.17) is 0 Å². The van der Waals surface area contributed by atoms with E-state index in [-0.39, 0.29) is 5.69 Å². The minimum absolute atomic E-state index is 0.0543. The second kappa shape index (κ2) is 3.98. The summed E-state index contributed by atoms with van der Waals surface area (Å²) >= 11 is 6.07. The van der Waals surface area contributed by atoms with E-state index >= 15 is 0 Å². The molecule has 1 aromatic rings. The molecule has 0 aliphatic rings. The van der Waals surface area contributed by atoms with Crippen LogP contribution in [0.25, 0.3) is 0 Å². The fourth-order valence-electron chi connectivity index (χ4n) is 0.860. The lowest BCUT2D eigenvalue weighted by atomic mass is 10.2. The van der Waals surface area contributed by atoms with Crippen molar-refractivity contribution in [3.63, 3.8) is 0 Å². The van der Waals surface area contributed by atoms with Crippen molar-refractivity contribution < 1.29 is 17.6 Å². The first kappa shape index (κ1) is 11.6. The predicted molar refractivity (Wildman–Crippen MR) is 51.7 cm³/mol. The van der Waals surface area contributed by atoms with Gasteiger partial charge in [-0.05, 0) is 28.1 Å². The number of benzene rings is 1. The minimum atomic E-state index is -4.60. The maximum atomic E-state index is 12.9. The van der Waals surface area contributed by atoms with Crippen molar-refractivity contribution in [1.82, 2.24) is 0 Å². The second-order valence-electron chi connectivity index (χ2n) is 2.43. The fraction of sp³-hybridized carbons (Fsp3) is 0.143. The number of alkyl halides is 3. The van der Waals surface area contributed by atoms with E-state index < -0.39 is 22.0 Å². The molecule has 0 radical (unpaired) electrons. The van der Waals surface area contributed by atoms with E-state index in [0.717, 1.165) is 12.1 Å². The van der Waals surface area contributed by atoms with Crippen LogP contribution in [0.3, 0.4) is 0 Å². The molecule has 0 aliphatic heterocycles. The van der Waals surface area contributed by atoms with Crippen LogP contribution in [0, 0.1) is 5.82 Å². The molecule has 0 amide bonds. The molecule has 0 fully saturated rings. The van der Waals surface area contributed by atoms with Gasteiger partial charge in [0.1, 0.15) is 5.82 Å². The lowest BCUT2D eigenvalue weighted by Gasteiger charge is -2.11. The quantitative estimate of drug-likeness (QED) is 0.591. The zero-order chi connectivity index (χ0) is 10.9. The van der Waals surface area contributed by atoms with Gasteiger partial charge in [-0.3, -0.25) is 0 Å². The minimum Gasteiger partial charge on any atom is -0.332 e. The summed E-state index contributed by atoms with van der Waals surface area (Å²) in [5.74, 6) is -0.989. The zero-order valence-electron chi connectivity index (χ0n) is 6.49. The van der Waals surface area contributed by atoms with Crippen LogP contribution < -0.4 is 4.72 Å². The number of thiol groups is 1. The monoisotopic (exact) mass is 289 g/mol. The summed E-state index contributed by atoms with van der Waals surface area (Å²) in [5.41, 5.74) is -1.13. The maximum absolute atomic E-state index is 12.9. The van der Waals surface area contributed by atoms with E-state index in [1.165, 1.54) is 0 Å². The molecule has 1 nitrogen and oxygen atoms in total. The van der Waals surface area contributed by atoms with Crippen molar-refractivity contribution in [2.75, 3.05) is 4.72 Å². The first-order chi connectivity index (χ1) is 6.36. The van der Waals surface area contributed by atoms with Gasteiger partial charge in [-0.1, -0.05) is 12.8 Å². The van der Waals surface area contributed by atoms with E-state index in [1.807, 2.05) is 0 Å². The third kappa shape index (κ3) is 2.33. The average molecular weight is 290 g/mol. The van der Waals surface area contributed by atoms with Crippen LogP contribution in [0.4, 0.5) is 23.2 Å². The average Bonchev–Trinajstić information content (AvgIpc) is 2.07. The molecular weight excluding hydrogens is 286 g/mol. The lowest BCUT2D eigenvalue weighted by molar-refractivity contribution is -0.138. The van der Waals surface area contributed by atoms with E-state index in [2.05, 4.69) is 33.5 Å². The maximum Gasteiger partial charge on any atom is 0.417 e. The summed E-state index contributed by atoms with van der Waals surface area (Å²) in [5, 5.41) is 0. The number of rotatable bonds is 1. The third-order valence-corrected chi connectivity index (χ3v) is 2.53. The van der Waals surface area contributed by atoms with Gasteiger partial charge >= 0.3 is 6.18 Å². The van der Waals surface area contributed by atoms with Crippen LogP contribution in [0.15, 0.2) is 16.6 Å². The van der Waals surface area contributed by atoms with Crippen molar-refractivity contribution in [2.45, 2.75) is 6.18 Å². The van der Waals surface area contributed by atoms with Crippen LogP contribution in [0.1, 0.15) is 5.56 Å². The molecule has 0 aliphatic carbocycles. The van der Waals surface area contributed by atoms with Gasteiger partial charge in [-0.15, -0.1) is 0 Å². The van der Waals surface area contributed by atoms with Crippen LogP contribution in [-0.4, -0.2) is 0 Å². The number of halogens is 5. The normalized spacial score (nSPS) is 11.6. The highest BCUT2D eigenvalue weighted by Gasteiger charge is 2.34. The Morgan fingerprint density at radius 1 is 1.29 bits per heavy atom. The highest BCUT2D eigenvalue weighted by molar-refractivity contribution is 9.10. The molecular formula is C7H4BrF4NS. The molecule has 0 aromatic heterocycles. The summed E-state index contributed by atoms with van der Waals surface area (Å²) in [6, 6.07) is 1.67. The van der Waals surface area contributed by atoms with Crippen molar-refractivity contribution >= 4 is 34.4 Å². The molecule has 7 heteroatoms.